The first kappa shape index (κ1) is 13.1. The second kappa shape index (κ2) is 6.00. The maximum absolute atomic E-state index is 11.8. The third-order valence-corrected chi connectivity index (χ3v) is 3.54. The number of aromatic nitrogens is 2. The van der Waals surface area contributed by atoms with Gasteiger partial charge in [-0.3, -0.25) is 9.48 Å². The molecule has 0 spiro atoms. The number of nitrogens with one attached hydrogen (secondary N) is 2. The summed E-state index contributed by atoms with van der Waals surface area (Å²) in [5.74, 6) is -0.0745. The van der Waals surface area contributed by atoms with Crippen LogP contribution in [0.5, 0.6) is 0 Å². The molecule has 1 unspecified atom stereocenters. The Morgan fingerprint density at radius 2 is 2.44 bits per heavy atom. The highest BCUT2D eigenvalue weighted by molar-refractivity contribution is 5.92. The van der Waals surface area contributed by atoms with E-state index in [0.29, 0.717) is 18.3 Å². The van der Waals surface area contributed by atoms with Gasteiger partial charge < -0.3 is 10.6 Å². The Hall–Kier alpha value is -1.36. The van der Waals surface area contributed by atoms with Crippen molar-refractivity contribution in [3.8, 4) is 0 Å². The van der Waals surface area contributed by atoms with Crippen molar-refractivity contribution in [1.29, 1.82) is 0 Å². The topological polar surface area (TPSA) is 59.0 Å². The van der Waals surface area contributed by atoms with Crippen molar-refractivity contribution in [2.75, 3.05) is 13.1 Å². The van der Waals surface area contributed by atoms with Gasteiger partial charge >= 0.3 is 0 Å². The molecule has 1 aliphatic rings. The number of nitrogens with zero attached hydrogens (tertiary/aromatic N) is 2. The highest BCUT2D eigenvalue weighted by Crippen LogP contribution is 2.09. The fourth-order valence-electron chi connectivity index (χ4n) is 2.29. The van der Waals surface area contributed by atoms with Gasteiger partial charge in [0.15, 0.2) is 0 Å². The standard InChI is InChI=1S/C13H22N4O/c1-10-9-12(16-17(10)2)13(18)15-8-6-11-5-3-4-7-14-11/h9,11,14H,3-8H2,1-2H3,(H,15,18). The summed E-state index contributed by atoms with van der Waals surface area (Å²) < 4.78 is 1.72. The molecule has 0 bridgehead atoms. The molecular weight excluding hydrogens is 228 g/mol. The van der Waals surface area contributed by atoms with Crippen LogP contribution in [0.15, 0.2) is 6.07 Å². The Bertz CT molecular complexity index is 388. The number of rotatable bonds is 4. The minimum absolute atomic E-state index is 0.0745. The summed E-state index contributed by atoms with van der Waals surface area (Å²) in [5.41, 5.74) is 1.50. The van der Waals surface area contributed by atoms with E-state index in [1.165, 1.54) is 19.3 Å². The van der Waals surface area contributed by atoms with E-state index in [1.54, 1.807) is 4.68 Å². The maximum atomic E-state index is 11.8. The number of piperidine rings is 1. The van der Waals surface area contributed by atoms with Crippen LogP contribution in [0.3, 0.4) is 0 Å². The largest absolute Gasteiger partial charge is 0.351 e. The summed E-state index contributed by atoms with van der Waals surface area (Å²) in [6.45, 7) is 3.76. The van der Waals surface area contributed by atoms with E-state index in [-0.39, 0.29) is 5.91 Å². The lowest BCUT2D eigenvalue weighted by molar-refractivity contribution is 0.0946. The normalized spacial score (nSPS) is 19.8. The molecule has 0 radical (unpaired) electrons. The Morgan fingerprint density at radius 1 is 1.61 bits per heavy atom. The Balaban J connectivity index is 1.74. The molecule has 1 atom stereocenters. The number of aryl methyl sites for hydroxylation is 2. The summed E-state index contributed by atoms with van der Waals surface area (Å²) in [7, 11) is 1.85. The fraction of sp³-hybridized carbons (Fsp3) is 0.692. The van der Waals surface area contributed by atoms with Crippen molar-refractivity contribution in [3.63, 3.8) is 0 Å². The molecule has 1 saturated heterocycles. The van der Waals surface area contributed by atoms with E-state index in [1.807, 2.05) is 20.0 Å². The molecule has 1 amide bonds. The molecule has 100 valence electrons. The van der Waals surface area contributed by atoms with Crippen LogP contribution >= 0.6 is 0 Å². The second-order valence-corrected chi connectivity index (χ2v) is 4.99. The quantitative estimate of drug-likeness (QED) is 0.838. The van der Waals surface area contributed by atoms with Gasteiger partial charge in [-0.15, -0.1) is 0 Å². The monoisotopic (exact) mass is 250 g/mol. The minimum atomic E-state index is -0.0745. The van der Waals surface area contributed by atoms with Crippen molar-refractivity contribution in [2.45, 2.75) is 38.6 Å². The summed E-state index contributed by atoms with van der Waals surface area (Å²) >= 11 is 0. The zero-order valence-electron chi connectivity index (χ0n) is 11.2. The van der Waals surface area contributed by atoms with E-state index < -0.39 is 0 Å². The fourth-order valence-corrected chi connectivity index (χ4v) is 2.29. The van der Waals surface area contributed by atoms with Crippen molar-refractivity contribution in [1.82, 2.24) is 20.4 Å². The molecule has 5 nitrogen and oxygen atoms in total. The van der Waals surface area contributed by atoms with Gasteiger partial charge in [-0.1, -0.05) is 6.42 Å². The molecule has 2 N–H and O–H groups in total. The predicted molar refractivity (Wildman–Crippen MR) is 70.5 cm³/mol. The van der Waals surface area contributed by atoms with Crippen LogP contribution in [-0.2, 0) is 7.05 Å². The van der Waals surface area contributed by atoms with Crippen molar-refractivity contribution in [2.24, 2.45) is 7.05 Å². The first-order valence-corrected chi connectivity index (χ1v) is 6.69. The van der Waals surface area contributed by atoms with Gasteiger partial charge in [0, 0.05) is 25.3 Å². The number of hydrogen-bond acceptors (Lipinski definition) is 3. The average Bonchev–Trinajstić information content (AvgIpc) is 2.71. The number of carbonyl (C=O) groups excluding carboxylic acids is 1. The Kier molecular flexibility index (Phi) is 4.36. The van der Waals surface area contributed by atoms with E-state index in [0.717, 1.165) is 18.7 Å². The molecule has 1 fully saturated rings. The van der Waals surface area contributed by atoms with Crippen LogP contribution in [-0.4, -0.2) is 34.8 Å². The van der Waals surface area contributed by atoms with Crippen LogP contribution < -0.4 is 10.6 Å². The van der Waals surface area contributed by atoms with Crippen LogP contribution in [0.1, 0.15) is 41.9 Å². The molecule has 1 aromatic heterocycles. The van der Waals surface area contributed by atoms with Gasteiger partial charge in [0.1, 0.15) is 5.69 Å². The van der Waals surface area contributed by atoms with E-state index in [9.17, 15) is 4.79 Å². The number of carbonyl (C=O) groups is 1. The van der Waals surface area contributed by atoms with Crippen LogP contribution in [0, 0.1) is 6.92 Å². The zero-order chi connectivity index (χ0) is 13.0. The Morgan fingerprint density at radius 3 is 3.06 bits per heavy atom. The van der Waals surface area contributed by atoms with Gasteiger partial charge in [0.2, 0.25) is 0 Å². The zero-order valence-corrected chi connectivity index (χ0v) is 11.2. The Labute approximate surface area is 108 Å². The highest BCUT2D eigenvalue weighted by atomic mass is 16.1. The van der Waals surface area contributed by atoms with Crippen LogP contribution in [0.2, 0.25) is 0 Å². The molecule has 1 aromatic rings. The van der Waals surface area contributed by atoms with Crippen molar-refractivity contribution >= 4 is 5.91 Å². The van der Waals surface area contributed by atoms with Gasteiger partial charge in [-0.05, 0) is 38.8 Å². The van der Waals surface area contributed by atoms with E-state index >= 15 is 0 Å². The SMILES string of the molecule is Cc1cc(C(=O)NCCC2CCCCN2)nn1C. The van der Waals surface area contributed by atoms with Crippen LogP contribution in [0.25, 0.3) is 0 Å². The van der Waals surface area contributed by atoms with Gasteiger partial charge in [0.05, 0.1) is 0 Å². The van der Waals surface area contributed by atoms with E-state index in [4.69, 9.17) is 0 Å². The molecule has 18 heavy (non-hydrogen) atoms. The molecule has 1 aliphatic heterocycles. The van der Waals surface area contributed by atoms with E-state index in [2.05, 4.69) is 15.7 Å². The third kappa shape index (κ3) is 3.32. The third-order valence-electron chi connectivity index (χ3n) is 3.54. The molecule has 2 heterocycles. The first-order chi connectivity index (χ1) is 8.66. The van der Waals surface area contributed by atoms with Crippen LogP contribution in [0.4, 0.5) is 0 Å². The number of hydrogen-bond donors (Lipinski definition) is 2. The smallest absolute Gasteiger partial charge is 0.271 e. The summed E-state index contributed by atoms with van der Waals surface area (Å²) in [4.78, 5) is 11.8. The van der Waals surface area contributed by atoms with Gasteiger partial charge in [-0.25, -0.2) is 0 Å². The molecule has 5 heteroatoms. The number of amides is 1. The average molecular weight is 250 g/mol. The lowest BCUT2D eigenvalue weighted by Gasteiger charge is -2.23. The summed E-state index contributed by atoms with van der Waals surface area (Å²) in [5, 5.41) is 10.6. The lowest BCUT2D eigenvalue weighted by atomic mass is 10.0. The lowest BCUT2D eigenvalue weighted by Crippen LogP contribution is -2.37. The highest BCUT2D eigenvalue weighted by Gasteiger charge is 2.14. The first-order valence-electron chi connectivity index (χ1n) is 6.69. The van der Waals surface area contributed by atoms with Gasteiger partial charge in [-0.2, -0.15) is 5.10 Å². The minimum Gasteiger partial charge on any atom is -0.351 e. The van der Waals surface area contributed by atoms with Gasteiger partial charge in [0.25, 0.3) is 5.91 Å². The van der Waals surface area contributed by atoms with Crippen molar-refractivity contribution in [3.05, 3.63) is 17.5 Å². The molecule has 2 rings (SSSR count). The van der Waals surface area contributed by atoms with Crippen molar-refractivity contribution < 1.29 is 4.79 Å². The molecule has 0 saturated carbocycles. The predicted octanol–water partition coefficient (Wildman–Crippen LogP) is 0.991. The summed E-state index contributed by atoms with van der Waals surface area (Å²) in [6, 6.07) is 2.37. The molecular formula is C13H22N4O. The summed E-state index contributed by atoms with van der Waals surface area (Å²) in [6.07, 6.45) is 4.79. The second-order valence-electron chi connectivity index (χ2n) is 4.99. The maximum Gasteiger partial charge on any atom is 0.271 e. The molecule has 0 aliphatic carbocycles. The molecule has 0 aromatic carbocycles.